The maximum Gasteiger partial charge on any atom is 0.318 e. The van der Waals surface area contributed by atoms with Gasteiger partial charge in [-0.1, -0.05) is 0 Å². The molecule has 0 bridgehead atoms. The molecule has 0 atom stereocenters. The molecule has 2 N–H and O–H groups in total. The zero-order chi connectivity index (χ0) is 12.6. The summed E-state index contributed by atoms with van der Waals surface area (Å²) in [7, 11) is 0. The molecule has 1 aliphatic carbocycles. The molecule has 2 rings (SSSR count). The van der Waals surface area contributed by atoms with E-state index in [1.807, 2.05) is 0 Å². The summed E-state index contributed by atoms with van der Waals surface area (Å²) < 4.78 is 0. The van der Waals surface area contributed by atoms with Crippen molar-refractivity contribution in [3.8, 4) is 0 Å². The van der Waals surface area contributed by atoms with E-state index in [-0.39, 0.29) is 0 Å². The van der Waals surface area contributed by atoms with Gasteiger partial charge >= 0.3 is 5.97 Å². The van der Waals surface area contributed by atoms with Crippen molar-refractivity contribution in [2.45, 2.75) is 33.1 Å². The Labute approximate surface area is 103 Å². The average molecular weight is 254 g/mol. The Kier molecular flexibility index (Phi) is 2.91. The second-order valence-electron chi connectivity index (χ2n) is 4.63. The first kappa shape index (κ1) is 12.0. The molecule has 0 fully saturated rings. The van der Waals surface area contributed by atoms with Gasteiger partial charge in [0.25, 0.3) is 0 Å². The molecule has 0 saturated heterocycles. The summed E-state index contributed by atoms with van der Waals surface area (Å²) in [6, 6.07) is 0. The van der Waals surface area contributed by atoms with Crippen molar-refractivity contribution in [1.29, 1.82) is 0 Å². The van der Waals surface area contributed by atoms with Crippen LogP contribution in [-0.4, -0.2) is 22.0 Å². The molecule has 0 radical (unpaired) electrons. The Hall–Kier alpha value is -1.43. The summed E-state index contributed by atoms with van der Waals surface area (Å²) in [4.78, 5) is 28.2. The molecule has 1 amide bonds. The lowest BCUT2D eigenvalue weighted by Gasteiger charge is -2.16. The molecule has 0 aliphatic heterocycles. The van der Waals surface area contributed by atoms with E-state index in [1.54, 1.807) is 0 Å². The monoisotopic (exact) mass is 254 g/mol. The lowest BCUT2D eigenvalue weighted by atomic mass is 9.93. The van der Waals surface area contributed by atoms with E-state index in [4.69, 9.17) is 5.11 Å². The predicted octanol–water partition coefficient (Wildman–Crippen LogP) is 1.68. The van der Waals surface area contributed by atoms with Gasteiger partial charge in [0.1, 0.15) is 5.41 Å². The van der Waals surface area contributed by atoms with Gasteiger partial charge in [0, 0.05) is 4.88 Å². The van der Waals surface area contributed by atoms with Crippen LogP contribution in [0.5, 0.6) is 0 Å². The number of thiazole rings is 1. The van der Waals surface area contributed by atoms with Gasteiger partial charge in [-0.25, -0.2) is 4.98 Å². The lowest BCUT2D eigenvalue weighted by Crippen LogP contribution is -2.37. The summed E-state index contributed by atoms with van der Waals surface area (Å²) in [6.45, 7) is 2.76. The third kappa shape index (κ3) is 2.17. The van der Waals surface area contributed by atoms with E-state index >= 15 is 0 Å². The zero-order valence-corrected chi connectivity index (χ0v) is 10.6. The average Bonchev–Trinajstić information content (AvgIpc) is 2.77. The summed E-state index contributed by atoms with van der Waals surface area (Å²) in [5.41, 5.74) is -0.394. The first-order chi connectivity index (χ1) is 7.91. The van der Waals surface area contributed by atoms with Crippen LogP contribution in [0.2, 0.25) is 0 Å². The highest BCUT2D eigenvalue weighted by Gasteiger charge is 2.36. The van der Waals surface area contributed by atoms with Crippen molar-refractivity contribution in [3.05, 3.63) is 10.6 Å². The van der Waals surface area contributed by atoms with Crippen LogP contribution >= 0.6 is 11.3 Å². The summed E-state index contributed by atoms with van der Waals surface area (Å²) in [5, 5.41) is 12.0. The number of carboxylic acid groups (broad SMARTS) is 1. The van der Waals surface area contributed by atoms with Crippen molar-refractivity contribution in [3.63, 3.8) is 0 Å². The normalized spacial score (nSPS) is 14.5. The quantitative estimate of drug-likeness (QED) is 0.804. The minimum absolute atomic E-state index is 0.508. The maximum atomic E-state index is 11.8. The zero-order valence-electron chi connectivity index (χ0n) is 9.74. The largest absolute Gasteiger partial charge is 0.480 e. The Balaban J connectivity index is 2.11. The van der Waals surface area contributed by atoms with Crippen molar-refractivity contribution in [2.75, 3.05) is 5.32 Å². The van der Waals surface area contributed by atoms with Crippen molar-refractivity contribution in [2.24, 2.45) is 5.41 Å². The lowest BCUT2D eigenvalue weighted by molar-refractivity contribution is -0.151. The SMILES string of the molecule is CC(C)(C(=O)O)C(=O)Nc1nc2c(s1)CCC2. The van der Waals surface area contributed by atoms with Gasteiger partial charge < -0.3 is 10.4 Å². The molecule has 0 spiro atoms. The topological polar surface area (TPSA) is 79.3 Å². The second kappa shape index (κ2) is 4.10. The molecule has 1 heterocycles. The highest BCUT2D eigenvalue weighted by molar-refractivity contribution is 7.15. The number of nitrogens with one attached hydrogen (secondary N) is 1. The third-order valence-electron chi connectivity index (χ3n) is 2.92. The van der Waals surface area contributed by atoms with Crippen LogP contribution in [-0.2, 0) is 22.4 Å². The van der Waals surface area contributed by atoms with Crippen LogP contribution in [0.1, 0.15) is 30.8 Å². The first-order valence-electron chi connectivity index (χ1n) is 5.44. The number of hydrogen-bond donors (Lipinski definition) is 2. The van der Waals surface area contributed by atoms with Crippen molar-refractivity contribution >= 4 is 28.3 Å². The Bertz CT molecular complexity index is 458. The van der Waals surface area contributed by atoms with E-state index in [0.29, 0.717) is 5.13 Å². The molecule has 17 heavy (non-hydrogen) atoms. The molecular weight excluding hydrogens is 240 g/mol. The van der Waals surface area contributed by atoms with Gasteiger partial charge in [0.05, 0.1) is 5.69 Å². The Morgan fingerprint density at radius 2 is 2.12 bits per heavy atom. The molecule has 1 aromatic rings. The number of carbonyl (C=O) groups is 2. The van der Waals surface area contributed by atoms with Gasteiger partial charge in [-0.2, -0.15) is 0 Å². The van der Waals surface area contributed by atoms with Crippen LogP contribution in [0, 0.1) is 5.41 Å². The number of aromatic nitrogens is 1. The van der Waals surface area contributed by atoms with Crippen LogP contribution in [0.4, 0.5) is 5.13 Å². The number of nitrogens with zero attached hydrogens (tertiary/aromatic N) is 1. The van der Waals surface area contributed by atoms with Gasteiger partial charge in [0.15, 0.2) is 5.13 Å². The van der Waals surface area contributed by atoms with Gasteiger partial charge in [0.2, 0.25) is 5.91 Å². The molecule has 0 aromatic carbocycles. The Morgan fingerprint density at radius 3 is 2.71 bits per heavy atom. The molecule has 0 unspecified atom stereocenters. The number of fused-ring (bicyclic) bond motifs is 1. The van der Waals surface area contributed by atoms with Gasteiger partial charge in [-0.05, 0) is 33.1 Å². The van der Waals surface area contributed by atoms with Crippen LogP contribution < -0.4 is 5.32 Å². The number of anilines is 1. The molecule has 92 valence electrons. The Morgan fingerprint density at radius 1 is 1.41 bits per heavy atom. The van der Waals surface area contributed by atoms with E-state index in [9.17, 15) is 9.59 Å². The number of carbonyl (C=O) groups excluding carboxylic acids is 1. The number of amides is 1. The molecule has 0 saturated carbocycles. The molecule has 6 heteroatoms. The second-order valence-corrected chi connectivity index (χ2v) is 5.71. The predicted molar refractivity (Wildman–Crippen MR) is 64.2 cm³/mol. The summed E-state index contributed by atoms with van der Waals surface area (Å²) >= 11 is 1.44. The summed E-state index contributed by atoms with van der Waals surface area (Å²) in [5.74, 6) is -1.67. The maximum absolute atomic E-state index is 11.8. The number of rotatable bonds is 3. The van der Waals surface area contributed by atoms with Crippen molar-refractivity contribution in [1.82, 2.24) is 4.98 Å². The number of hydrogen-bond acceptors (Lipinski definition) is 4. The van der Waals surface area contributed by atoms with E-state index in [0.717, 1.165) is 25.0 Å². The van der Waals surface area contributed by atoms with Crippen LogP contribution in [0.15, 0.2) is 0 Å². The highest BCUT2D eigenvalue weighted by atomic mass is 32.1. The minimum Gasteiger partial charge on any atom is -0.480 e. The van der Waals surface area contributed by atoms with Crippen molar-refractivity contribution < 1.29 is 14.7 Å². The van der Waals surface area contributed by atoms with Crippen LogP contribution in [0.3, 0.4) is 0 Å². The van der Waals surface area contributed by atoms with E-state index < -0.39 is 17.3 Å². The number of aliphatic carboxylic acids is 1. The number of carboxylic acids is 1. The smallest absolute Gasteiger partial charge is 0.318 e. The minimum atomic E-state index is -1.43. The van der Waals surface area contributed by atoms with Gasteiger partial charge in [-0.15, -0.1) is 11.3 Å². The molecule has 5 nitrogen and oxygen atoms in total. The third-order valence-corrected chi connectivity index (χ3v) is 3.99. The fourth-order valence-electron chi connectivity index (χ4n) is 1.59. The molecule has 1 aromatic heterocycles. The standard InChI is InChI=1S/C11H14N2O3S/c1-11(2,9(15)16)8(14)13-10-12-6-4-3-5-7(6)17-10/h3-5H2,1-2H3,(H,15,16)(H,12,13,14). The highest BCUT2D eigenvalue weighted by Crippen LogP contribution is 2.31. The van der Waals surface area contributed by atoms with E-state index in [1.165, 1.54) is 30.1 Å². The fraction of sp³-hybridized carbons (Fsp3) is 0.545. The fourth-order valence-corrected chi connectivity index (χ4v) is 2.64. The van der Waals surface area contributed by atoms with Crippen LogP contribution in [0.25, 0.3) is 0 Å². The first-order valence-corrected chi connectivity index (χ1v) is 6.26. The summed E-state index contributed by atoms with van der Waals surface area (Å²) in [6.07, 6.45) is 3.07. The molecule has 1 aliphatic rings. The van der Waals surface area contributed by atoms with E-state index in [2.05, 4.69) is 10.3 Å². The van der Waals surface area contributed by atoms with Gasteiger partial charge in [-0.3, -0.25) is 9.59 Å². The number of aryl methyl sites for hydroxylation is 2. The molecular formula is C11H14N2O3S.